The monoisotopic (exact) mass is 431 g/mol. The van der Waals surface area contributed by atoms with Crippen LogP contribution in [0.4, 0.5) is 10.1 Å². The van der Waals surface area contributed by atoms with E-state index < -0.39 is 40.5 Å². The Bertz CT molecular complexity index is 964. The van der Waals surface area contributed by atoms with Crippen molar-refractivity contribution in [3.63, 3.8) is 0 Å². The van der Waals surface area contributed by atoms with E-state index in [-0.39, 0.29) is 25.1 Å². The molecule has 0 aliphatic heterocycles. The van der Waals surface area contributed by atoms with Crippen molar-refractivity contribution in [1.82, 2.24) is 5.32 Å². The van der Waals surface area contributed by atoms with Gasteiger partial charge < -0.3 is 15.8 Å². The maximum absolute atomic E-state index is 13.4. The molecule has 2 amide bonds. The fourth-order valence-corrected chi connectivity index (χ4v) is 3.10. The SMILES string of the molecule is CCOC(=O)C[C@@H](c1ccc([N+](=O)[O-])cc1)[C@H](NC(=O)Cc1cccc(F)c1)C(N)=O. The molecule has 0 heterocycles. The molecule has 164 valence electrons. The number of primary amides is 1. The Morgan fingerprint density at radius 3 is 2.42 bits per heavy atom. The number of nitrogens with zero attached hydrogens (tertiary/aromatic N) is 1. The molecule has 9 nitrogen and oxygen atoms in total. The van der Waals surface area contributed by atoms with Gasteiger partial charge in [0.05, 0.1) is 24.4 Å². The topological polar surface area (TPSA) is 142 Å². The van der Waals surface area contributed by atoms with E-state index in [1.54, 1.807) is 13.0 Å². The van der Waals surface area contributed by atoms with E-state index in [0.29, 0.717) is 11.1 Å². The van der Waals surface area contributed by atoms with Gasteiger partial charge in [-0.1, -0.05) is 24.3 Å². The summed E-state index contributed by atoms with van der Waals surface area (Å²) in [5.41, 5.74) is 6.09. The van der Waals surface area contributed by atoms with E-state index in [1.165, 1.54) is 42.5 Å². The zero-order valence-electron chi connectivity index (χ0n) is 16.7. The molecule has 0 saturated carbocycles. The van der Waals surface area contributed by atoms with Crippen molar-refractivity contribution in [1.29, 1.82) is 0 Å². The Kier molecular flexibility index (Phi) is 8.18. The molecule has 0 saturated heterocycles. The van der Waals surface area contributed by atoms with E-state index in [2.05, 4.69) is 5.32 Å². The molecule has 10 heteroatoms. The highest BCUT2D eigenvalue weighted by Gasteiger charge is 2.32. The molecule has 0 spiro atoms. The molecule has 2 rings (SSSR count). The Balaban J connectivity index is 2.29. The number of benzene rings is 2. The summed E-state index contributed by atoms with van der Waals surface area (Å²) in [6.45, 7) is 1.73. The number of amides is 2. The second-order valence-electron chi connectivity index (χ2n) is 6.72. The quantitative estimate of drug-likeness (QED) is 0.335. The maximum atomic E-state index is 13.4. The Morgan fingerprint density at radius 2 is 1.87 bits per heavy atom. The van der Waals surface area contributed by atoms with Crippen LogP contribution in [0.3, 0.4) is 0 Å². The van der Waals surface area contributed by atoms with E-state index in [0.717, 1.165) is 0 Å². The molecule has 0 bridgehead atoms. The normalized spacial score (nSPS) is 12.5. The largest absolute Gasteiger partial charge is 0.466 e. The molecule has 0 aromatic heterocycles. The van der Waals surface area contributed by atoms with Crippen molar-refractivity contribution in [2.75, 3.05) is 6.61 Å². The summed E-state index contributed by atoms with van der Waals surface area (Å²) < 4.78 is 18.3. The first-order chi connectivity index (χ1) is 14.7. The van der Waals surface area contributed by atoms with E-state index in [4.69, 9.17) is 10.5 Å². The molecule has 0 aliphatic carbocycles. The van der Waals surface area contributed by atoms with Gasteiger partial charge in [-0.3, -0.25) is 24.5 Å². The zero-order valence-corrected chi connectivity index (χ0v) is 16.7. The third-order valence-electron chi connectivity index (χ3n) is 4.50. The fourth-order valence-electron chi connectivity index (χ4n) is 3.10. The van der Waals surface area contributed by atoms with Gasteiger partial charge in [0.1, 0.15) is 11.9 Å². The lowest BCUT2D eigenvalue weighted by atomic mass is 9.87. The standard InChI is InChI=1S/C21H22FN3O6/c1-2-31-19(27)12-17(14-6-8-16(9-7-14)25(29)30)20(21(23)28)24-18(26)11-13-4-3-5-15(22)10-13/h3-10,17,20H,2,11-12H2,1H3,(H2,23,28)(H,24,26)/t17-,20-/m0/s1. The van der Waals surface area contributed by atoms with Gasteiger partial charge >= 0.3 is 5.97 Å². The second-order valence-corrected chi connectivity index (χ2v) is 6.72. The Labute approximate surface area is 177 Å². The van der Waals surface area contributed by atoms with Crippen molar-refractivity contribution in [3.05, 3.63) is 75.6 Å². The number of non-ortho nitro benzene ring substituents is 1. The lowest BCUT2D eigenvalue weighted by Crippen LogP contribution is -2.49. The molecular formula is C21H22FN3O6. The predicted octanol–water partition coefficient (Wildman–Crippen LogP) is 1.98. The average Bonchev–Trinajstić information content (AvgIpc) is 2.70. The Hall–Kier alpha value is -3.82. The number of nitrogens with one attached hydrogen (secondary N) is 1. The smallest absolute Gasteiger partial charge is 0.306 e. The number of ether oxygens (including phenoxy) is 1. The van der Waals surface area contributed by atoms with Crippen LogP contribution in [0.2, 0.25) is 0 Å². The summed E-state index contributed by atoms with van der Waals surface area (Å²) in [6, 6.07) is 9.33. The van der Waals surface area contributed by atoms with Crippen LogP contribution in [0.25, 0.3) is 0 Å². The van der Waals surface area contributed by atoms with Crippen LogP contribution in [-0.2, 0) is 25.5 Å². The number of nitrogens with two attached hydrogens (primary N) is 1. The first kappa shape index (κ1) is 23.5. The van der Waals surface area contributed by atoms with Crippen LogP contribution in [0, 0.1) is 15.9 Å². The minimum atomic E-state index is -1.30. The summed E-state index contributed by atoms with van der Waals surface area (Å²) in [6.07, 6.45) is -0.507. The molecule has 0 radical (unpaired) electrons. The highest BCUT2D eigenvalue weighted by molar-refractivity contribution is 5.89. The number of hydrogen-bond donors (Lipinski definition) is 2. The summed E-state index contributed by atoms with van der Waals surface area (Å²) in [4.78, 5) is 47.1. The molecule has 2 atom stereocenters. The number of nitro benzene ring substituents is 1. The predicted molar refractivity (Wildman–Crippen MR) is 108 cm³/mol. The van der Waals surface area contributed by atoms with E-state index in [1.807, 2.05) is 0 Å². The summed E-state index contributed by atoms with van der Waals surface area (Å²) in [5.74, 6) is -3.57. The molecule has 0 unspecified atom stereocenters. The first-order valence-electron chi connectivity index (χ1n) is 9.44. The summed E-state index contributed by atoms with van der Waals surface area (Å²) in [7, 11) is 0. The van der Waals surface area contributed by atoms with Gasteiger partial charge in [-0.15, -0.1) is 0 Å². The van der Waals surface area contributed by atoms with Gasteiger partial charge in [0, 0.05) is 18.1 Å². The van der Waals surface area contributed by atoms with Crippen molar-refractivity contribution < 1.29 is 28.4 Å². The maximum Gasteiger partial charge on any atom is 0.306 e. The van der Waals surface area contributed by atoms with Crippen molar-refractivity contribution in [3.8, 4) is 0 Å². The molecule has 2 aromatic rings. The van der Waals surface area contributed by atoms with Crippen LogP contribution in [-0.4, -0.2) is 35.4 Å². The Morgan fingerprint density at radius 1 is 1.19 bits per heavy atom. The van der Waals surface area contributed by atoms with Crippen LogP contribution in [0.5, 0.6) is 0 Å². The van der Waals surface area contributed by atoms with Crippen molar-refractivity contribution in [2.24, 2.45) is 5.73 Å². The van der Waals surface area contributed by atoms with Gasteiger partial charge in [-0.2, -0.15) is 0 Å². The average molecular weight is 431 g/mol. The number of esters is 1. The lowest BCUT2D eigenvalue weighted by molar-refractivity contribution is -0.384. The third-order valence-corrected chi connectivity index (χ3v) is 4.50. The molecule has 0 fully saturated rings. The number of hydrogen-bond acceptors (Lipinski definition) is 6. The third kappa shape index (κ3) is 6.88. The number of halogens is 1. The molecule has 2 aromatic carbocycles. The summed E-state index contributed by atoms with van der Waals surface area (Å²) >= 11 is 0. The van der Waals surface area contributed by atoms with Gasteiger partial charge in [0.25, 0.3) is 5.69 Å². The fraction of sp³-hybridized carbons (Fsp3) is 0.286. The zero-order chi connectivity index (χ0) is 23.0. The van der Waals surface area contributed by atoms with Crippen LogP contribution in [0.15, 0.2) is 48.5 Å². The van der Waals surface area contributed by atoms with Crippen LogP contribution >= 0.6 is 0 Å². The summed E-state index contributed by atoms with van der Waals surface area (Å²) in [5, 5.41) is 13.4. The van der Waals surface area contributed by atoms with Gasteiger partial charge in [-0.25, -0.2) is 4.39 Å². The van der Waals surface area contributed by atoms with Crippen LogP contribution < -0.4 is 11.1 Å². The van der Waals surface area contributed by atoms with Crippen molar-refractivity contribution in [2.45, 2.75) is 31.7 Å². The van der Waals surface area contributed by atoms with Crippen LogP contribution in [0.1, 0.15) is 30.4 Å². The lowest BCUT2D eigenvalue weighted by Gasteiger charge is -2.25. The van der Waals surface area contributed by atoms with E-state index in [9.17, 15) is 28.9 Å². The first-order valence-corrected chi connectivity index (χ1v) is 9.44. The molecular weight excluding hydrogens is 409 g/mol. The number of carbonyl (C=O) groups is 3. The molecule has 0 aliphatic rings. The minimum Gasteiger partial charge on any atom is -0.466 e. The highest BCUT2D eigenvalue weighted by atomic mass is 19.1. The number of carbonyl (C=O) groups excluding carboxylic acids is 3. The highest BCUT2D eigenvalue weighted by Crippen LogP contribution is 2.26. The number of nitro groups is 1. The second kappa shape index (κ2) is 10.8. The van der Waals surface area contributed by atoms with E-state index >= 15 is 0 Å². The number of rotatable bonds is 10. The van der Waals surface area contributed by atoms with Gasteiger partial charge in [-0.05, 0) is 30.2 Å². The molecule has 31 heavy (non-hydrogen) atoms. The van der Waals surface area contributed by atoms with Crippen molar-refractivity contribution >= 4 is 23.5 Å². The molecule has 3 N–H and O–H groups in total. The van der Waals surface area contributed by atoms with Gasteiger partial charge in [0.2, 0.25) is 11.8 Å². The minimum absolute atomic E-state index is 0.110. The van der Waals surface area contributed by atoms with Gasteiger partial charge in [0.15, 0.2) is 0 Å².